The van der Waals surface area contributed by atoms with Crippen LogP contribution in [-0.4, -0.2) is 12.5 Å². The molecule has 4 nitrogen and oxygen atoms in total. The lowest BCUT2D eigenvalue weighted by Gasteiger charge is -2.07. The fraction of sp³-hybridized carbons (Fsp3) is 0.389. The van der Waals surface area contributed by atoms with E-state index >= 15 is 0 Å². The van der Waals surface area contributed by atoms with E-state index in [0.29, 0.717) is 12.1 Å². The second kappa shape index (κ2) is 8.93. The molecule has 2 aromatic rings. The highest BCUT2D eigenvalue weighted by Crippen LogP contribution is 2.13. The second-order valence-corrected chi connectivity index (χ2v) is 5.20. The molecule has 4 heteroatoms. The summed E-state index contributed by atoms with van der Waals surface area (Å²) in [5.41, 5.74) is 0.616. The number of nitrogens with one attached hydrogen (secondary N) is 1. The zero-order chi connectivity index (χ0) is 15.6. The molecule has 0 spiro atoms. The van der Waals surface area contributed by atoms with Gasteiger partial charge in [-0.3, -0.25) is 4.79 Å². The summed E-state index contributed by atoms with van der Waals surface area (Å²) in [5.74, 6) is 1.42. The molecule has 1 aromatic carbocycles. The molecule has 1 heterocycles. The number of ether oxygens (including phenoxy) is 1. The lowest BCUT2D eigenvalue weighted by atomic mass is 10.2. The van der Waals surface area contributed by atoms with Crippen LogP contribution in [0.15, 0.2) is 47.1 Å². The predicted octanol–water partition coefficient (Wildman–Crippen LogP) is 4.17. The van der Waals surface area contributed by atoms with Gasteiger partial charge in [0.25, 0.3) is 5.91 Å². The summed E-state index contributed by atoms with van der Waals surface area (Å²) < 4.78 is 10.8. The van der Waals surface area contributed by atoms with Crippen LogP contribution in [-0.2, 0) is 6.54 Å². The van der Waals surface area contributed by atoms with E-state index in [9.17, 15) is 4.79 Å². The van der Waals surface area contributed by atoms with E-state index in [1.54, 1.807) is 24.5 Å². The maximum Gasteiger partial charge on any atom is 0.251 e. The highest BCUT2D eigenvalue weighted by atomic mass is 16.5. The Balaban J connectivity index is 1.74. The van der Waals surface area contributed by atoms with Gasteiger partial charge >= 0.3 is 0 Å². The molecule has 0 radical (unpaired) electrons. The zero-order valence-corrected chi connectivity index (χ0v) is 13.0. The molecule has 0 saturated heterocycles. The van der Waals surface area contributed by atoms with Crippen LogP contribution in [0, 0.1) is 0 Å². The maximum absolute atomic E-state index is 12.0. The number of unbranched alkanes of at least 4 members (excludes halogenated alkanes) is 3. The van der Waals surface area contributed by atoms with E-state index in [1.807, 2.05) is 18.2 Å². The number of amides is 1. The van der Waals surface area contributed by atoms with Crippen molar-refractivity contribution < 1.29 is 13.9 Å². The molecule has 1 aromatic heterocycles. The van der Waals surface area contributed by atoms with Gasteiger partial charge in [0.2, 0.25) is 0 Å². The number of furan rings is 1. The van der Waals surface area contributed by atoms with Crippen LogP contribution in [0.3, 0.4) is 0 Å². The van der Waals surface area contributed by atoms with Crippen LogP contribution in [0.4, 0.5) is 0 Å². The summed E-state index contributed by atoms with van der Waals surface area (Å²) in [6.07, 6.45) is 6.33. The number of benzene rings is 1. The first-order valence-electron chi connectivity index (χ1n) is 7.83. The van der Waals surface area contributed by atoms with E-state index in [2.05, 4.69) is 12.2 Å². The van der Waals surface area contributed by atoms with Crippen LogP contribution in [0.25, 0.3) is 0 Å². The second-order valence-electron chi connectivity index (χ2n) is 5.20. The van der Waals surface area contributed by atoms with E-state index in [-0.39, 0.29) is 5.91 Å². The molecular weight excluding hydrogens is 278 g/mol. The summed E-state index contributed by atoms with van der Waals surface area (Å²) in [7, 11) is 0. The maximum atomic E-state index is 12.0. The third-order valence-corrected chi connectivity index (χ3v) is 3.39. The first-order valence-corrected chi connectivity index (χ1v) is 7.83. The molecule has 118 valence electrons. The normalized spacial score (nSPS) is 10.4. The third-order valence-electron chi connectivity index (χ3n) is 3.39. The van der Waals surface area contributed by atoms with Crippen molar-refractivity contribution in [2.45, 2.75) is 39.2 Å². The van der Waals surface area contributed by atoms with Crippen molar-refractivity contribution in [2.24, 2.45) is 0 Å². The van der Waals surface area contributed by atoms with Crippen LogP contribution >= 0.6 is 0 Å². The quantitative estimate of drug-likeness (QED) is 0.707. The Hall–Kier alpha value is -2.23. The summed E-state index contributed by atoms with van der Waals surface area (Å²) in [5, 5.41) is 2.81. The highest BCUT2D eigenvalue weighted by Gasteiger charge is 2.06. The SMILES string of the molecule is CCCCCCOc1ccc(C(=O)NCc2ccco2)cc1. The van der Waals surface area contributed by atoms with Gasteiger partial charge < -0.3 is 14.5 Å². The smallest absolute Gasteiger partial charge is 0.251 e. The third kappa shape index (κ3) is 5.28. The molecule has 0 saturated carbocycles. The lowest BCUT2D eigenvalue weighted by molar-refractivity contribution is 0.0948. The topological polar surface area (TPSA) is 51.5 Å². The molecule has 2 rings (SSSR count). The molecule has 0 aliphatic heterocycles. The minimum atomic E-state index is -0.120. The van der Waals surface area contributed by atoms with Gasteiger partial charge in [-0.1, -0.05) is 26.2 Å². The Morgan fingerprint density at radius 3 is 2.64 bits per heavy atom. The van der Waals surface area contributed by atoms with Crippen molar-refractivity contribution in [3.8, 4) is 5.75 Å². The van der Waals surface area contributed by atoms with E-state index in [4.69, 9.17) is 9.15 Å². The fourth-order valence-electron chi connectivity index (χ4n) is 2.10. The molecule has 0 unspecified atom stereocenters. The number of carbonyl (C=O) groups is 1. The van der Waals surface area contributed by atoms with Crippen LogP contribution in [0.1, 0.15) is 48.7 Å². The first kappa shape index (κ1) is 16.1. The molecule has 0 aliphatic carbocycles. The van der Waals surface area contributed by atoms with Gasteiger partial charge in [0.05, 0.1) is 19.4 Å². The zero-order valence-electron chi connectivity index (χ0n) is 13.0. The van der Waals surface area contributed by atoms with Crippen LogP contribution in [0.5, 0.6) is 5.75 Å². The van der Waals surface area contributed by atoms with Crippen molar-refractivity contribution in [3.05, 3.63) is 54.0 Å². The molecule has 1 amide bonds. The predicted molar refractivity (Wildman–Crippen MR) is 86.0 cm³/mol. The van der Waals surface area contributed by atoms with Gasteiger partial charge in [-0.25, -0.2) is 0 Å². The number of rotatable bonds is 9. The van der Waals surface area contributed by atoms with Gasteiger partial charge in [0.15, 0.2) is 0 Å². The standard InChI is InChI=1S/C18H23NO3/c1-2-3-4-5-12-21-16-10-8-15(9-11-16)18(20)19-14-17-7-6-13-22-17/h6-11,13H,2-5,12,14H2,1H3,(H,19,20). The Morgan fingerprint density at radius 2 is 1.95 bits per heavy atom. The number of hydrogen-bond acceptors (Lipinski definition) is 3. The summed E-state index contributed by atoms with van der Waals surface area (Å²) in [6, 6.07) is 10.9. The average molecular weight is 301 g/mol. The first-order chi connectivity index (χ1) is 10.8. The Labute approximate surface area is 131 Å². The minimum absolute atomic E-state index is 0.120. The molecule has 0 atom stereocenters. The minimum Gasteiger partial charge on any atom is -0.494 e. The van der Waals surface area contributed by atoms with Crippen molar-refractivity contribution >= 4 is 5.91 Å². The van der Waals surface area contributed by atoms with Crippen molar-refractivity contribution in [1.82, 2.24) is 5.32 Å². The van der Waals surface area contributed by atoms with Gasteiger partial charge in [0.1, 0.15) is 11.5 Å². The van der Waals surface area contributed by atoms with Gasteiger partial charge in [-0.15, -0.1) is 0 Å². The summed E-state index contributed by atoms with van der Waals surface area (Å²) in [4.78, 5) is 12.0. The highest BCUT2D eigenvalue weighted by molar-refractivity contribution is 5.94. The van der Waals surface area contributed by atoms with Gasteiger partial charge in [0, 0.05) is 5.56 Å². The molecule has 22 heavy (non-hydrogen) atoms. The summed E-state index contributed by atoms with van der Waals surface area (Å²) >= 11 is 0. The van der Waals surface area contributed by atoms with E-state index in [1.165, 1.54) is 19.3 Å². The molecule has 0 fully saturated rings. The molecule has 0 bridgehead atoms. The molecule has 1 N–H and O–H groups in total. The number of carbonyl (C=O) groups excluding carboxylic acids is 1. The van der Waals surface area contributed by atoms with Crippen molar-refractivity contribution in [2.75, 3.05) is 6.61 Å². The Kier molecular flexibility index (Phi) is 6.55. The monoisotopic (exact) mass is 301 g/mol. The van der Waals surface area contributed by atoms with Crippen LogP contribution < -0.4 is 10.1 Å². The fourth-order valence-corrected chi connectivity index (χ4v) is 2.10. The van der Waals surface area contributed by atoms with Crippen molar-refractivity contribution in [1.29, 1.82) is 0 Å². The average Bonchev–Trinajstić information content (AvgIpc) is 3.06. The lowest BCUT2D eigenvalue weighted by Crippen LogP contribution is -2.22. The van der Waals surface area contributed by atoms with Gasteiger partial charge in [-0.05, 0) is 42.8 Å². The number of hydrogen-bond donors (Lipinski definition) is 1. The largest absolute Gasteiger partial charge is 0.494 e. The molecule has 0 aliphatic rings. The Bertz CT molecular complexity index is 546. The van der Waals surface area contributed by atoms with Crippen molar-refractivity contribution in [3.63, 3.8) is 0 Å². The van der Waals surface area contributed by atoms with Crippen LogP contribution in [0.2, 0.25) is 0 Å². The summed E-state index contributed by atoms with van der Waals surface area (Å²) in [6.45, 7) is 3.31. The molecular formula is C18H23NO3. The Morgan fingerprint density at radius 1 is 1.14 bits per heavy atom. The van der Waals surface area contributed by atoms with E-state index < -0.39 is 0 Å². The van der Waals surface area contributed by atoms with Gasteiger partial charge in [-0.2, -0.15) is 0 Å². The van der Waals surface area contributed by atoms with E-state index in [0.717, 1.165) is 24.5 Å².